The topological polar surface area (TPSA) is 32.6 Å². The lowest BCUT2D eigenvalue weighted by Gasteiger charge is -2.32. The first-order valence-corrected chi connectivity index (χ1v) is 8.66. The lowest BCUT2D eigenvalue weighted by atomic mass is 10.0. The predicted octanol–water partition coefficient (Wildman–Crippen LogP) is 2.61. The molecule has 2 aliphatic rings. The number of rotatable bonds is 5. The van der Waals surface area contributed by atoms with E-state index in [0.717, 1.165) is 24.2 Å². The van der Waals surface area contributed by atoms with Gasteiger partial charge in [0.1, 0.15) is 5.65 Å². The second kappa shape index (κ2) is 6.01. The maximum Gasteiger partial charge on any atom is 0.137 e. The molecule has 0 aromatic carbocycles. The molecule has 1 saturated heterocycles. The van der Waals surface area contributed by atoms with Gasteiger partial charge in [0.25, 0.3) is 0 Å². The van der Waals surface area contributed by atoms with Crippen LogP contribution in [0.1, 0.15) is 36.9 Å². The number of pyridine rings is 1. The highest BCUT2D eigenvalue weighted by Crippen LogP contribution is 2.28. The zero-order chi connectivity index (χ0) is 14.9. The van der Waals surface area contributed by atoms with E-state index in [0.29, 0.717) is 0 Å². The zero-order valence-corrected chi connectivity index (χ0v) is 13.5. The van der Waals surface area contributed by atoms with Gasteiger partial charge in [-0.15, -0.1) is 0 Å². The van der Waals surface area contributed by atoms with Crippen LogP contribution in [0.3, 0.4) is 0 Å². The molecule has 22 heavy (non-hydrogen) atoms. The fourth-order valence-corrected chi connectivity index (χ4v) is 3.41. The maximum absolute atomic E-state index is 4.74. The number of hydrogen-bond donors (Lipinski definition) is 1. The monoisotopic (exact) mass is 298 g/mol. The van der Waals surface area contributed by atoms with Crippen molar-refractivity contribution in [2.24, 2.45) is 5.92 Å². The molecule has 4 nitrogen and oxygen atoms in total. The largest absolute Gasteiger partial charge is 0.314 e. The Morgan fingerprint density at radius 3 is 2.73 bits per heavy atom. The number of fused-ring (bicyclic) bond motifs is 1. The molecule has 1 saturated carbocycles. The first-order valence-electron chi connectivity index (χ1n) is 8.66. The smallest absolute Gasteiger partial charge is 0.137 e. The Hall–Kier alpha value is -1.39. The Kier molecular flexibility index (Phi) is 3.89. The van der Waals surface area contributed by atoms with Gasteiger partial charge in [0.2, 0.25) is 0 Å². The van der Waals surface area contributed by atoms with Gasteiger partial charge in [-0.1, -0.05) is 6.07 Å². The van der Waals surface area contributed by atoms with Crippen LogP contribution < -0.4 is 5.32 Å². The van der Waals surface area contributed by atoms with Crippen molar-refractivity contribution >= 4 is 5.65 Å². The summed E-state index contributed by atoms with van der Waals surface area (Å²) in [6.07, 6.45) is 9.77. The van der Waals surface area contributed by atoms with Crippen molar-refractivity contribution in [2.75, 3.05) is 19.6 Å². The summed E-state index contributed by atoms with van der Waals surface area (Å²) in [5.74, 6) is 0.986. The van der Waals surface area contributed by atoms with Gasteiger partial charge in [0.15, 0.2) is 0 Å². The number of imidazole rings is 1. The van der Waals surface area contributed by atoms with Crippen molar-refractivity contribution < 1.29 is 0 Å². The third kappa shape index (κ3) is 3.33. The molecule has 0 spiro atoms. The standard InChI is InChI=1S/C18H26N4/c1-14-2-5-18-20-17(13-22(18)11-14)12-21-8-6-16(7-9-21)19-10-15-3-4-15/h2,5,11,13,15-16,19H,3-4,6-10,12H2,1H3. The molecule has 0 unspecified atom stereocenters. The molecule has 0 amide bonds. The van der Waals surface area contributed by atoms with Gasteiger partial charge in [0.05, 0.1) is 5.69 Å². The van der Waals surface area contributed by atoms with Gasteiger partial charge in [-0.3, -0.25) is 4.90 Å². The van der Waals surface area contributed by atoms with E-state index in [2.05, 4.69) is 46.1 Å². The third-order valence-electron chi connectivity index (χ3n) is 5.01. The summed E-state index contributed by atoms with van der Waals surface area (Å²) in [4.78, 5) is 7.29. The van der Waals surface area contributed by atoms with Crippen molar-refractivity contribution in [1.82, 2.24) is 19.6 Å². The first-order chi connectivity index (χ1) is 10.8. The molecule has 2 aromatic rings. The fourth-order valence-electron chi connectivity index (χ4n) is 3.41. The fraction of sp³-hybridized carbons (Fsp3) is 0.611. The van der Waals surface area contributed by atoms with Crippen molar-refractivity contribution in [3.05, 3.63) is 35.8 Å². The molecular formula is C18H26N4. The Morgan fingerprint density at radius 1 is 1.14 bits per heavy atom. The number of aromatic nitrogens is 2. The molecule has 0 atom stereocenters. The SMILES string of the molecule is Cc1ccc2nc(CN3CCC(NCC4CC4)CC3)cn2c1. The average molecular weight is 298 g/mol. The Labute approximate surface area is 132 Å². The van der Waals surface area contributed by atoms with E-state index >= 15 is 0 Å². The van der Waals surface area contributed by atoms with Crippen LogP contribution in [0.4, 0.5) is 0 Å². The molecule has 0 bridgehead atoms. The summed E-state index contributed by atoms with van der Waals surface area (Å²) in [6, 6.07) is 4.97. The van der Waals surface area contributed by atoms with Crippen molar-refractivity contribution in [3.8, 4) is 0 Å². The molecular weight excluding hydrogens is 272 g/mol. The van der Waals surface area contributed by atoms with Crippen molar-refractivity contribution in [3.63, 3.8) is 0 Å². The van der Waals surface area contributed by atoms with E-state index in [1.54, 1.807) is 0 Å². The number of nitrogens with zero attached hydrogens (tertiary/aromatic N) is 3. The predicted molar refractivity (Wildman–Crippen MR) is 89.0 cm³/mol. The number of hydrogen-bond acceptors (Lipinski definition) is 3. The minimum Gasteiger partial charge on any atom is -0.314 e. The second-order valence-electron chi connectivity index (χ2n) is 7.11. The van der Waals surface area contributed by atoms with Crippen LogP contribution in [0, 0.1) is 12.8 Å². The van der Waals surface area contributed by atoms with E-state index in [4.69, 9.17) is 4.98 Å². The first kappa shape index (κ1) is 14.2. The molecule has 2 fully saturated rings. The molecule has 1 N–H and O–H groups in total. The number of likely N-dealkylation sites (tertiary alicyclic amines) is 1. The molecule has 1 aliphatic heterocycles. The highest BCUT2D eigenvalue weighted by molar-refractivity contribution is 5.41. The van der Waals surface area contributed by atoms with Crippen LogP contribution >= 0.6 is 0 Å². The maximum atomic E-state index is 4.74. The molecule has 2 aromatic heterocycles. The van der Waals surface area contributed by atoms with Gasteiger partial charge in [-0.25, -0.2) is 4.98 Å². The van der Waals surface area contributed by atoms with Crippen LogP contribution in [0.15, 0.2) is 24.5 Å². The van der Waals surface area contributed by atoms with Gasteiger partial charge in [-0.05, 0) is 56.7 Å². The van der Waals surface area contributed by atoms with Crippen molar-refractivity contribution in [2.45, 2.75) is 45.2 Å². The van der Waals surface area contributed by atoms with Gasteiger partial charge < -0.3 is 9.72 Å². The van der Waals surface area contributed by atoms with Crippen LogP contribution in [-0.4, -0.2) is 40.0 Å². The van der Waals surface area contributed by atoms with Gasteiger partial charge >= 0.3 is 0 Å². The highest BCUT2D eigenvalue weighted by Gasteiger charge is 2.24. The molecule has 4 heteroatoms. The Balaban J connectivity index is 1.31. The normalized spacial score (nSPS) is 20.8. The summed E-state index contributed by atoms with van der Waals surface area (Å²) >= 11 is 0. The third-order valence-corrected chi connectivity index (χ3v) is 5.01. The van der Waals surface area contributed by atoms with E-state index in [1.807, 2.05) is 0 Å². The molecule has 4 rings (SSSR count). The molecule has 3 heterocycles. The van der Waals surface area contributed by atoms with Crippen molar-refractivity contribution in [1.29, 1.82) is 0 Å². The summed E-state index contributed by atoms with van der Waals surface area (Å²) in [7, 11) is 0. The quantitative estimate of drug-likeness (QED) is 0.921. The summed E-state index contributed by atoms with van der Waals surface area (Å²) in [5.41, 5.74) is 3.52. The van der Waals surface area contributed by atoms with E-state index < -0.39 is 0 Å². The highest BCUT2D eigenvalue weighted by atomic mass is 15.2. The lowest BCUT2D eigenvalue weighted by Crippen LogP contribution is -2.42. The summed E-state index contributed by atoms with van der Waals surface area (Å²) in [6.45, 7) is 6.73. The summed E-state index contributed by atoms with van der Waals surface area (Å²) < 4.78 is 2.15. The number of piperidine rings is 1. The zero-order valence-electron chi connectivity index (χ0n) is 13.5. The molecule has 1 aliphatic carbocycles. The Bertz CT molecular complexity index is 636. The minimum atomic E-state index is 0.737. The lowest BCUT2D eigenvalue weighted by molar-refractivity contribution is 0.188. The van der Waals surface area contributed by atoms with Crippen LogP contribution in [0.25, 0.3) is 5.65 Å². The Morgan fingerprint density at radius 2 is 1.95 bits per heavy atom. The van der Waals surface area contributed by atoms with E-state index in [1.165, 1.54) is 56.6 Å². The molecule has 118 valence electrons. The number of aryl methyl sites for hydroxylation is 1. The molecule has 0 radical (unpaired) electrons. The average Bonchev–Trinajstić information content (AvgIpc) is 3.26. The van der Waals surface area contributed by atoms with E-state index in [-0.39, 0.29) is 0 Å². The second-order valence-corrected chi connectivity index (χ2v) is 7.11. The minimum absolute atomic E-state index is 0.737. The van der Waals surface area contributed by atoms with Crippen LogP contribution in [0.5, 0.6) is 0 Å². The summed E-state index contributed by atoms with van der Waals surface area (Å²) in [5, 5.41) is 3.75. The van der Waals surface area contributed by atoms with Gasteiger partial charge in [-0.2, -0.15) is 0 Å². The van der Waals surface area contributed by atoms with E-state index in [9.17, 15) is 0 Å². The number of nitrogens with one attached hydrogen (secondary N) is 1. The van der Waals surface area contributed by atoms with Gasteiger partial charge in [0, 0.05) is 38.1 Å². The van der Waals surface area contributed by atoms with Crippen LogP contribution in [0.2, 0.25) is 0 Å². The van der Waals surface area contributed by atoms with Crippen LogP contribution in [-0.2, 0) is 6.54 Å².